The maximum Gasteiger partial charge on any atom is 0.236 e. The molecule has 1 saturated carbocycles. The maximum absolute atomic E-state index is 11.6. The minimum absolute atomic E-state index is 0.0797. The normalized spacial score (nSPS) is 21.9. The quantitative estimate of drug-likeness (QED) is 0.703. The Morgan fingerprint density at radius 1 is 1.40 bits per heavy atom. The molecule has 1 fully saturated rings. The highest BCUT2D eigenvalue weighted by molar-refractivity contribution is 5.81. The van der Waals surface area contributed by atoms with Gasteiger partial charge in [-0.05, 0) is 38.5 Å². The Morgan fingerprint density at radius 3 is 2.47 bits per heavy atom. The van der Waals surface area contributed by atoms with Gasteiger partial charge in [0.25, 0.3) is 0 Å². The van der Waals surface area contributed by atoms with Crippen LogP contribution in [-0.4, -0.2) is 24.5 Å². The van der Waals surface area contributed by atoms with Gasteiger partial charge < -0.3 is 10.6 Å². The SMILES string of the molecule is CCCNC(=O)C(C)NC(C)C1(C)CC1. The highest BCUT2D eigenvalue weighted by atomic mass is 16.2. The molecule has 1 rings (SSSR count). The Bertz CT molecular complexity index is 224. The largest absolute Gasteiger partial charge is 0.355 e. The third-order valence-electron chi connectivity index (χ3n) is 3.53. The summed E-state index contributed by atoms with van der Waals surface area (Å²) in [6.07, 6.45) is 3.56. The average molecular weight is 212 g/mol. The number of rotatable bonds is 6. The van der Waals surface area contributed by atoms with Crippen LogP contribution >= 0.6 is 0 Å². The Balaban J connectivity index is 2.28. The summed E-state index contributed by atoms with van der Waals surface area (Å²) < 4.78 is 0. The molecule has 0 saturated heterocycles. The van der Waals surface area contributed by atoms with Crippen LogP contribution in [0, 0.1) is 5.41 Å². The van der Waals surface area contributed by atoms with Crippen LogP contribution in [0.2, 0.25) is 0 Å². The van der Waals surface area contributed by atoms with Crippen LogP contribution in [0.4, 0.5) is 0 Å². The predicted molar refractivity (Wildman–Crippen MR) is 62.7 cm³/mol. The molecule has 3 nitrogen and oxygen atoms in total. The average Bonchev–Trinajstić information content (AvgIpc) is 2.94. The monoisotopic (exact) mass is 212 g/mol. The molecule has 0 bridgehead atoms. The molecule has 0 radical (unpaired) electrons. The zero-order valence-corrected chi connectivity index (χ0v) is 10.4. The first-order chi connectivity index (χ1) is 6.99. The van der Waals surface area contributed by atoms with Crippen molar-refractivity contribution in [3.05, 3.63) is 0 Å². The molecule has 2 unspecified atom stereocenters. The van der Waals surface area contributed by atoms with Gasteiger partial charge in [0.05, 0.1) is 6.04 Å². The minimum Gasteiger partial charge on any atom is -0.355 e. The smallest absolute Gasteiger partial charge is 0.236 e. The summed E-state index contributed by atoms with van der Waals surface area (Å²) in [6, 6.07) is 0.351. The summed E-state index contributed by atoms with van der Waals surface area (Å²) in [6.45, 7) is 9.23. The topological polar surface area (TPSA) is 41.1 Å². The molecule has 15 heavy (non-hydrogen) atoms. The molecule has 0 aromatic rings. The lowest BCUT2D eigenvalue weighted by Crippen LogP contribution is -2.48. The number of carbonyl (C=O) groups excluding carboxylic acids is 1. The van der Waals surface area contributed by atoms with Gasteiger partial charge in [-0.3, -0.25) is 4.79 Å². The highest BCUT2D eigenvalue weighted by Gasteiger charge is 2.43. The first-order valence-corrected chi connectivity index (χ1v) is 6.03. The molecule has 3 heteroatoms. The van der Waals surface area contributed by atoms with E-state index in [1.165, 1.54) is 12.8 Å². The van der Waals surface area contributed by atoms with E-state index in [1.807, 2.05) is 6.92 Å². The van der Waals surface area contributed by atoms with Crippen LogP contribution in [0.25, 0.3) is 0 Å². The third kappa shape index (κ3) is 3.49. The summed E-state index contributed by atoms with van der Waals surface area (Å²) >= 11 is 0. The second-order valence-corrected chi connectivity index (χ2v) is 5.06. The van der Waals surface area contributed by atoms with Crippen molar-refractivity contribution in [2.75, 3.05) is 6.54 Å². The van der Waals surface area contributed by atoms with Gasteiger partial charge in [-0.1, -0.05) is 13.8 Å². The van der Waals surface area contributed by atoms with Crippen molar-refractivity contribution < 1.29 is 4.79 Å². The minimum atomic E-state index is -0.0797. The van der Waals surface area contributed by atoms with Crippen molar-refractivity contribution in [1.82, 2.24) is 10.6 Å². The van der Waals surface area contributed by atoms with Crippen LogP contribution < -0.4 is 10.6 Å². The molecule has 0 aromatic carbocycles. The Hall–Kier alpha value is -0.570. The third-order valence-corrected chi connectivity index (χ3v) is 3.53. The molecule has 1 aliphatic rings. The fourth-order valence-electron chi connectivity index (χ4n) is 1.68. The standard InChI is InChI=1S/C12H24N2O/c1-5-8-13-11(15)9(2)14-10(3)12(4)6-7-12/h9-10,14H,5-8H2,1-4H3,(H,13,15). The van der Waals surface area contributed by atoms with Gasteiger partial charge in [0, 0.05) is 12.6 Å². The maximum atomic E-state index is 11.6. The van der Waals surface area contributed by atoms with Crippen molar-refractivity contribution in [2.24, 2.45) is 5.41 Å². The first-order valence-electron chi connectivity index (χ1n) is 6.03. The van der Waals surface area contributed by atoms with Gasteiger partial charge in [0.1, 0.15) is 0 Å². The van der Waals surface area contributed by atoms with Gasteiger partial charge in [0.15, 0.2) is 0 Å². The molecule has 2 atom stereocenters. The Labute approximate surface area is 93.0 Å². The fourth-order valence-corrected chi connectivity index (χ4v) is 1.68. The molecule has 0 spiro atoms. The molecule has 2 N–H and O–H groups in total. The molecule has 0 heterocycles. The summed E-state index contributed by atoms with van der Waals surface area (Å²) in [5.74, 6) is 0.118. The Kier molecular flexibility index (Phi) is 4.14. The van der Waals surface area contributed by atoms with Crippen LogP contribution in [-0.2, 0) is 4.79 Å². The first kappa shape index (κ1) is 12.5. The van der Waals surface area contributed by atoms with Crippen LogP contribution in [0.3, 0.4) is 0 Å². The van der Waals surface area contributed by atoms with Crippen molar-refractivity contribution in [1.29, 1.82) is 0 Å². The van der Waals surface area contributed by atoms with E-state index in [1.54, 1.807) is 0 Å². The summed E-state index contributed by atoms with van der Waals surface area (Å²) in [7, 11) is 0. The van der Waals surface area contributed by atoms with E-state index in [0.717, 1.165) is 13.0 Å². The number of nitrogens with one attached hydrogen (secondary N) is 2. The molecule has 88 valence electrons. The molecule has 0 aliphatic heterocycles. The van der Waals surface area contributed by atoms with E-state index < -0.39 is 0 Å². The number of hydrogen-bond acceptors (Lipinski definition) is 2. The van der Waals surface area contributed by atoms with Crippen LogP contribution in [0.15, 0.2) is 0 Å². The van der Waals surface area contributed by atoms with Crippen molar-refractivity contribution in [2.45, 2.75) is 59.0 Å². The zero-order chi connectivity index (χ0) is 11.5. The number of carbonyl (C=O) groups is 1. The van der Waals surface area contributed by atoms with Crippen molar-refractivity contribution >= 4 is 5.91 Å². The van der Waals surface area contributed by atoms with E-state index in [2.05, 4.69) is 31.4 Å². The lowest BCUT2D eigenvalue weighted by atomic mass is 10.00. The lowest BCUT2D eigenvalue weighted by molar-refractivity contribution is -0.123. The van der Waals surface area contributed by atoms with E-state index in [0.29, 0.717) is 11.5 Å². The van der Waals surface area contributed by atoms with E-state index in [-0.39, 0.29) is 11.9 Å². The zero-order valence-electron chi connectivity index (χ0n) is 10.4. The highest BCUT2D eigenvalue weighted by Crippen LogP contribution is 2.47. The Morgan fingerprint density at radius 2 is 2.00 bits per heavy atom. The van der Waals surface area contributed by atoms with E-state index >= 15 is 0 Å². The fraction of sp³-hybridized carbons (Fsp3) is 0.917. The lowest BCUT2D eigenvalue weighted by Gasteiger charge is -2.24. The molecular formula is C12H24N2O. The van der Waals surface area contributed by atoms with Gasteiger partial charge >= 0.3 is 0 Å². The van der Waals surface area contributed by atoms with Gasteiger partial charge in [0.2, 0.25) is 5.91 Å². The second kappa shape index (κ2) is 4.97. The van der Waals surface area contributed by atoms with Gasteiger partial charge in [-0.15, -0.1) is 0 Å². The van der Waals surface area contributed by atoms with Crippen LogP contribution in [0.1, 0.15) is 47.0 Å². The predicted octanol–water partition coefficient (Wildman–Crippen LogP) is 1.68. The molecule has 1 aliphatic carbocycles. The molecule has 0 aromatic heterocycles. The van der Waals surface area contributed by atoms with E-state index in [9.17, 15) is 4.79 Å². The number of amides is 1. The number of hydrogen-bond donors (Lipinski definition) is 2. The summed E-state index contributed by atoms with van der Waals surface area (Å²) in [5.41, 5.74) is 0.430. The van der Waals surface area contributed by atoms with Crippen molar-refractivity contribution in [3.8, 4) is 0 Å². The van der Waals surface area contributed by atoms with E-state index in [4.69, 9.17) is 0 Å². The second-order valence-electron chi connectivity index (χ2n) is 5.06. The van der Waals surface area contributed by atoms with Gasteiger partial charge in [-0.25, -0.2) is 0 Å². The summed E-state index contributed by atoms with van der Waals surface area (Å²) in [5, 5.41) is 6.29. The molecule has 1 amide bonds. The van der Waals surface area contributed by atoms with Crippen LogP contribution in [0.5, 0.6) is 0 Å². The van der Waals surface area contributed by atoms with Crippen molar-refractivity contribution in [3.63, 3.8) is 0 Å². The summed E-state index contributed by atoms with van der Waals surface area (Å²) in [4.78, 5) is 11.6. The molecular weight excluding hydrogens is 188 g/mol. The van der Waals surface area contributed by atoms with Gasteiger partial charge in [-0.2, -0.15) is 0 Å².